The average molecular weight is 612 g/mol. The van der Waals surface area contributed by atoms with Gasteiger partial charge in [-0.1, -0.05) is 49.6 Å². The van der Waals surface area contributed by atoms with Crippen molar-refractivity contribution in [3.63, 3.8) is 0 Å². The summed E-state index contributed by atoms with van der Waals surface area (Å²) in [6.07, 6.45) is 7.76. The van der Waals surface area contributed by atoms with E-state index < -0.39 is 21.8 Å². The minimum absolute atomic E-state index is 0.0444. The number of hydrogen-bond acceptors (Lipinski definition) is 7. The summed E-state index contributed by atoms with van der Waals surface area (Å²) in [5, 5.41) is 14.8. The summed E-state index contributed by atoms with van der Waals surface area (Å²) in [5.74, 6) is -0.972. The van der Waals surface area contributed by atoms with Crippen LogP contribution in [0.25, 0.3) is 23.0 Å². The molecular formula is C33H33N5O5S. The number of nitrogens with zero attached hydrogens (tertiary/aromatic N) is 5. The molecule has 3 aromatic rings. The normalized spacial score (nSPS) is 19.9. The molecule has 2 amide bonds. The van der Waals surface area contributed by atoms with Crippen molar-refractivity contribution in [3.05, 3.63) is 83.1 Å². The molecule has 0 radical (unpaired) electrons. The molecule has 11 heteroatoms. The lowest BCUT2D eigenvalue weighted by Gasteiger charge is -2.36. The predicted molar refractivity (Wildman–Crippen MR) is 164 cm³/mol. The van der Waals surface area contributed by atoms with E-state index in [1.54, 1.807) is 48.1 Å². The molecule has 44 heavy (non-hydrogen) atoms. The van der Waals surface area contributed by atoms with E-state index in [2.05, 4.69) is 0 Å². The Labute approximate surface area is 256 Å². The summed E-state index contributed by atoms with van der Waals surface area (Å²) in [4.78, 5) is 28.7. The van der Waals surface area contributed by atoms with Gasteiger partial charge in [-0.15, -0.1) is 0 Å². The van der Waals surface area contributed by atoms with Crippen LogP contribution in [0.5, 0.6) is 0 Å². The molecule has 3 heterocycles. The first kappa shape index (κ1) is 29.7. The second kappa shape index (κ2) is 12.3. The molecule has 0 atom stereocenters. The molecule has 3 aliphatic rings. The molecule has 1 saturated heterocycles. The number of rotatable bonds is 6. The van der Waals surface area contributed by atoms with Crippen molar-refractivity contribution in [2.75, 3.05) is 26.3 Å². The van der Waals surface area contributed by atoms with Crippen LogP contribution in [-0.2, 0) is 24.3 Å². The van der Waals surface area contributed by atoms with Gasteiger partial charge in [-0.25, -0.2) is 13.1 Å². The fraction of sp³-hybridized carbons (Fsp3) is 0.333. The van der Waals surface area contributed by atoms with Crippen LogP contribution in [0.3, 0.4) is 0 Å². The second-order valence-electron chi connectivity index (χ2n) is 11.2. The van der Waals surface area contributed by atoms with E-state index in [4.69, 9.17) is 9.84 Å². The zero-order valence-electron chi connectivity index (χ0n) is 24.5. The Hall–Kier alpha value is -4.37. The summed E-state index contributed by atoms with van der Waals surface area (Å²) in [5.41, 5.74) is 2.85. The number of ether oxygens (including phenoxy) is 1. The van der Waals surface area contributed by atoms with E-state index in [0.29, 0.717) is 48.4 Å². The van der Waals surface area contributed by atoms with Gasteiger partial charge < -0.3 is 4.74 Å². The van der Waals surface area contributed by atoms with Crippen molar-refractivity contribution in [2.45, 2.75) is 50.0 Å². The molecular weight excluding hydrogens is 578 g/mol. The summed E-state index contributed by atoms with van der Waals surface area (Å²) in [6.45, 7) is 2.85. The maximum Gasteiger partial charge on any atom is 0.271 e. The minimum atomic E-state index is -3.77. The first-order valence-corrected chi connectivity index (χ1v) is 16.3. The fourth-order valence-corrected chi connectivity index (χ4v) is 7.55. The van der Waals surface area contributed by atoms with Gasteiger partial charge in [0.1, 0.15) is 17.3 Å². The zero-order valence-corrected chi connectivity index (χ0v) is 25.3. The molecule has 0 bridgehead atoms. The third-order valence-corrected chi connectivity index (χ3v) is 10.4. The highest BCUT2D eigenvalue weighted by Crippen LogP contribution is 2.35. The Morgan fingerprint density at radius 2 is 1.70 bits per heavy atom. The van der Waals surface area contributed by atoms with Gasteiger partial charge in [0.05, 0.1) is 23.8 Å². The second-order valence-corrected chi connectivity index (χ2v) is 13.1. The van der Waals surface area contributed by atoms with Crippen LogP contribution >= 0.6 is 0 Å². The lowest BCUT2D eigenvalue weighted by Crippen LogP contribution is -2.49. The van der Waals surface area contributed by atoms with Crippen LogP contribution in [-0.4, -0.2) is 71.6 Å². The number of benzene rings is 2. The van der Waals surface area contributed by atoms with Gasteiger partial charge in [-0.05, 0) is 55.7 Å². The number of nitriles is 1. The van der Waals surface area contributed by atoms with Crippen LogP contribution in [0, 0.1) is 11.3 Å². The third-order valence-electron chi connectivity index (χ3n) is 8.49. The Kier molecular flexibility index (Phi) is 8.31. The molecule has 6 rings (SSSR count). The van der Waals surface area contributed by atoms with E-state index >= 15 is 0 Å². The quantitative estimate of drug-likeness (QED) is 0.297. The van der Waals surface area contributed by atoms with E-state index in [9.17, 15) is 23.3 Å². The van der Waals surface area contributed by atoms with Gasteiger partial charge in [0.25, 0.3) is 11.8 Å². The molecule has 10 nitrogen and oxygen atoms in total. The number of para-hydroxylation sites is 1. The van der Waals surface area contributed by atoms with E-state index in [0.717, 1.165) is 24.9 Å². The predicted octanol–water partition coefficient (Wildman–Crippen LogP) is 4.49. The number of imide groups is 1. The first-order chi connectivity index (χ1) is 21.3. The number of carbonyl (C=O) groups is 2. The lowest BCUT2D eigenvalue weighted by atomic mass is 9.88. The molecule has 1 aliphatic carbocycles. The van der Waals surface area contributed by atoms with Crippen LogP contribution in [0.15, 0.2) is 82.4 Å². The molecule has 0 spiro atoms. The molecule has 2 aromatic carbocycles. The highest BCUT2D eigenvalue weighted by Gasteiger charge is 2.40. The van der Waals surface area contributed by atoms with Crippen molar-refractivity contribution < 1.29 is 22.7 Å². The van der Waals surface area contributed by atoms with Gasteiger partial charge in [0.15, 0.2) is 0 Å². The Balaban J connectivity index is 1.48. The van der Waals surface area contributed by atoms with Crippen LogP contribution in [0.1, 0.15) is 44.6 Å². The highest BCUT2D eigenvalue weighted by atomic mass is 32.2. The van der Waals surface area contributed by atoms with E-state index in [1.807, 2.05) is 36.4 Å². The Morgan fingerprint density at radius 1 is 0.977 bits per heavy atom. The van der Waals surface area contributed by atoms with Crippen molar-refractivity contribution in [2.24, 2.45) is 0 Å². The number of amides is 2. The Bertz CT molecular complexity index is 1810. The topological polar surface area (TPSA) is 126 Å². The average Bonchev–Trinajstić information content (AvgIpc) is 3.49. The number of carbonyl (C=O) groups excluding carboxylic acids is 2. The monoisotopic (exact) mass is 611 g/mol. The molecule has 0 unspecified atom stereocenters. The SMILES string of the molecule is CC1=C(C#N)C(=O)N(C2CCCCC2)C(=O)/C1=C/c1cn(-c2ccccc2)nc1-c1cccc(S(=O)(=O)N2CCOCC2)c1. The first-order valence-electron chi connectivity index (χ1n) is 14.8. The summed E-state index contributed by atoms with van der Waals surface area (Å²) >= 11 is 0. The van der Waals surface area contributed by atoms with Crippen molar-refractivity contribution >= 4 is 27.9 Å². The number of aromatic nitrogens is 2. The van der Waals surface area contributed by atoms with Crippen LogP contribution < -0.4 is 0 Å². The molecule has 1 aromatic heterocycles. The smallest absolute Gasteiger partial charge is 0.271 e. The Morgan fingerprint density at radius 3 is 2.41 bits per heavy atom. The van der Waals surface area contributed by atoms with Crippen LogP contribution in [0.4, 0.5) is 0 Å². The molecule has 2 aliphatic heterocycles. The molecule has 1 saturated carbocycles. The van der Waals surface area contributed by atoms with Gasteiger partial charge in [-0.3, -0.25) is 14.5 Å². The third kappa shape index (κ3) is 5.52. The van der Waals surface area contributed by atoms with Crippen molar-refractivity contribution in [1.82, 2.24) is 19.0 Å². The molecule has 226 valence electrons. The molecule has 2 fully saturated rings. The molecule has 0 N–H and O–H groups in total. The van der Waals surface area contributed by atoms with Crippen LogP contribution in [0.2, 0.25) is 0 Å². The number of sulfonamides is 1. The summed E-state index contributed by atoms with van der Waals surface area (Å²) in [7, 11) is -3.77. The van der Waals surface area contributed by atoms with E-state index in [1.165, 1.54) is 9.21 Å². The van der Waals surface area contributed by atoms with Gasteiger partial charge in [0, 0.05) is 42.0 Å². The zero-order chi connectivity index (χ0) is 30.8. The van der Waals surface area contributed by atoms with Gasteiger partial charge in [0.2, 0.25) is 10.0 Å². The van der Waals surface area contributed by atoms with Gasteiger partial charge >= 0.3 is 0 Å². The highest BCUT2D eigenvalue weighted by molar-refractivity contribution is 7.89. The van der Waals surface area contributed by atoms with Crippen molar-refractivity contribution in [3.8, 4) is 23.0 Å². The number of hydrogen-bond donors (Lipinski definition) is 0. The van der Waals surface area contributed by atoms with E-state index in [-0.39, 0.29) is 35.2 Å². The standard InChI is InChI=1S/C33H33N5O5S/c1-23-29(32(39)38(33(40)30(23)21-34)27-12-6-3-7-13-27)20-25-22-37(26-10-4-2-5-11-26)35-31(25)24-9-8-14-28(19-24)44(41,42)36-15-17-43-18-16-36/h2,4-5,8-11,14,19-20,22,27H,3,6-7,12-13,15-18H2,1H3/b29-20+. The van der Waals surface area contributed by atoms with Gasteiger partial charge in [-0.2, -0.15) is 14.7 Å². The summed E-state index contributed by atoms with van der Waals surface area (Å²) < 4.78 is 35.4. The minimum Gasteiger partial charge on any atom is -0.379 e. The summed E-state index contributed by atoms with van der Waals surface area (Å²) in [6, 6.07) is 17.8. The lowest BCUT2D eigenvalue weighted by molar-refractivity contribution is -0.143. The largest absolute Gasteiger partial charge is 0.379 e. The van der Waals surface area contributed by atoms with Crippen molar-refractivity contribution in [1.29, 1.82) is 5.26 Å². The maximum atomic E-state index is 14.0. The number of morpholine rings is 1. The fourth-order valence-electron chi connectivity index (χ4n) is 6.10. The maximum absolute atomic E-state index is 14.0.